The number of hydrogen-bond donors (Lipinski definition) is 2. The lowest BCUT2D eigenvalue weighted by Gasteiger charge is -2.04. The minimum atomic E-state index is 0. The zero-order valence-electron chi connectivity index (χ0n) is 7.25. The van der Waals surface area contributed by atoms with Gasteiger partial charge in [-0.25, -0.2) is 0 Å². The molecular weight excluding hydrogens is 207 g/mol. The number of benzene rings is 1. The van der Waals surface area contributed by atoms with Gasteiger partial charge in [0.1, 0.15) is 0 Å². The lowest BCUT2D eigenvalue weighted by atomic mass is 10.2. The molecule has 0 saturated heterocycles. The Labute approximate surface area is 90.9 Å². The summed E-state index contributed by atoms with van der Waals surface area (Å²) in [6.07, 6.45) is 0. The molecular formula is C9H14Cl2N2. The van der Waals surface area contributed by atoms with Crippen LogP contribution >= 0.6 is 24.8 Å². The van der Waals surface area contributed by atoms with Gasteiger partial charge in [0, 0.05) is 25.3 Å². The van der Waals surface area contributed by atoms with Crippen LogP contribution < -0.4 is 10.6 Å². The minimum absolute atomic E-state index is 0. The van der Waals surface area contributed by atoms with Crippen molar-refractivity contribution in [1.29, 1.82) is 0 Å². The van der Waals surface area contributed by atoms with Crippen LogP contribution in [0.5, 0.6) is 0 Å². The Balaban J connectivity index is 0.000000720. The summed E-state index contributed by atoms with van der Waals surface area (Å²) in [5.41, 5.74) is 2.64. The van der Waals surface area contributed by atoms with Crippen molar-refractivity contribution in [1.82, 2.24) is 5.32 Å². The molecule has 1 aliphatic heterocycles. The first-order valence-corrected chi connectivity index (χ1v) is 3.99. The van der Waals surface area contributed by atoms with Gasteiger partial charge in [0.2, 0.25) is 0 Å². The summed E-state index contributed by atoms with van der Waals surface area (Å²) in [5.74, 6) is 0. The average Bonchev–Trinajstić information content (AvgIpc) is 2.28. The minimum Gasteiger partial charge on any atom is -0.384 e. The molecule has 0 atom stereocenters. The normalized spacial score (nSPS) is 13.8. The number of halogens is 2. The van der Waals surface area contributed by atoms with Crippen molar-refractivity contribution in [2.24, 2.45) is 0 Å². The number of fused-ring (bicyclic) bond motifs is 1. The van der Waals surface area contributed by atoms with Crippen molar-refractivity contribution < 1.29 is 0 Å². The highest BCUT2D eigenvalue weighted by Gasteiger charge is 2.03. The van der Waals surface area contributed by atoms with Gasteiger partial charge < -0.3 is 10.6 Å². The van der Waals surface area contributed by atoms with Crippen LogP contribution in [0.4, 0.5) is 5.69 Å². The SMILES string of the molecule is Cl.Cl.c1ccc2c(c1)CNCCN2. The summed E-state index contributed by atoms with van der Waals surface area (Å²) in [7, 11) is 0. The van der Waals surface area contributed by atoms with Gasteiger partial charge in [0.15, 0.2) is 0 Å². The topological polar surface area (TPSA) is 24.1 Å². The van der Waals surface area contributed by atoms with Crippen molar-refractivity contribution in [3.8, 4) is 0 Å². The van der Waals surface area contributed by atoms with Gasteiger partial charge in [0.25, 0.3) is 0 Å². The molecule has 0 unspecified atom stereocenters. The first kappa shape index (κ1) is 12.6. The second kappa shape index (κ2) is 6.08. The van der Waals surface area contributed by atoms with Gasteiger partial charge >= 0.3 is 0 Å². The molecule has 0 fully saturated rings. The van der Waals surface area contributed by atoms with E-state index in [1.165, 1.54) is 11.3 Å². The molecule has 1 aromatic carbocycles. The lowest BCUT2D eigenvalue weighted by Crippen LogP contribution is -2.16. The summed E-state index contributed by atoms with van der Waals surface area (Å²) in [5, 5.41) is 6.70. The van der Waals surface area contributed by atoms with E-state index in [2.05, 4.69) is 34.9 Å². The maximum absolute atomic E-state index is 3.36. The van der Waals surface area contributed by atoms with Crippen molar-refractivity contribution in [3.63, 3.8) is 0 Å². The molecule has 74 valence electrons. The summed E-state index contributed by atoms with van der Waals surface area (Å²) < 4.78 is 0. The van der Waals surface area contributed by atoms with E-state index in [9.17, 15) is 0 Å². The molecule has 0 saturated carbocycles. The van der Waals surface area contributed by atoms with Gasteiger partial charge in [-0.05, 0) is 11.6 Å². The zero-order valence-corrected chi connectivity index (χ0v) is 8.88. The van der Waals surface area contributed by atoms with Crippen molar-refractivity contribution in [2.45, 2.75) is 6.54 Å². The molecule has 0 radical (unpaired) electrons. The predicted octanol–water partition coefficient (Wildman–Crippen LogP) is 2.05. The fourth-order valence-electron chi connectivity index (χ4n) is 1.36. The standard InChI is InChI=1S/C9H12N2.2ClH/c1-2-4-9-8(3-1)7-10-5-6-11-9;;/h1-4,10-11H,5-7H2;2*1H. The Hall–Kier alpha value is -0.440. The fraction of sp³-hybridized carbons (Fsp3) is 0.333. The lowest BCUT2D eigenvalue weighted by molar-refractivity contribution is 0.725. The van der Waals surface area contributed by atoms with Crippen LogP contribution in [0.15, 0.2) is 24.3 Å². The number of hydrogen-bond acceptors (Lipinski definition) is 2. The maximum Gasteiger partial charge on any atom is 0.0386 e. The van der Waals surface area contributed by atoms with Crippen LogP contribution in [-0.2, 0) is 6.54 Å². The van der Waals surface area contributed by atoms with Gasteiger partial charge in [-0.2, -0.15) is 0 Å². The molecule has 2 N–H and O–H groups in total. The number of anilines is 1. The van der Waals surface area contributed by atoms with Crippen LogP contribution in [0.3, 0.4) is 0 Å². The van der Waals surface area contributed by atoms with Crippen LogP contribution in [-0.4, -0.2) is 13.1 Å². The molecule has 13 heavy (non-hydrogen) atoms. The van der Waals surface area contributed by atoms with E-state index >= 15 is 0 Å². The van der Waals surface area contributed by atoms with E-state index in [-0.39, 0.29) is 24.8 Å². The van der Waals surface area contributed by atoms with Gasteiger partial charge in [-0.15, -0.1) is 24.8 Å². The quantitative estimate of drug-likeness (QED) is 0.700. The Kier molecular flexibility index (Phi) is 5.88. The molecule has 4 heteroatoms. The van der Waals surface area contributed by atoms with E-state index in [0.29, 0.717) is 0 Å². The van der Waals surface area contributed by atoms with Crippen molar-refractivity contribution in [2.75, 3.05) is 18.4 Å². The number of para-hydroxylation sites is 1. The maximum atomic E-state index is 3.36. The van der Waals surface area contributed by atoms with Crippen LogP contribution in [0, 0.1) is 0 Å². The Morgan fingerprint density at radius 3 is 2.62 bits per heavy atom. The smallest absolute Gasteiger partial charge is 0.0386 e. The van der Waals surface area contributed by atoms with E-state index in [1.807, 2.05) is 0 Å². The Morgan fingerprint density at radius 2 is 1.77 bits per heavy atom. The molecule has 0 aliphatic carbocycles. The number of rotatable bonds is 0. The second-order valence-corrected chi connectivity index (χ2v) is 2.76. The molecule has 1 aromatic rings. The van der Waals surface area contributed by atoms with Gasteiger partial charge in [-0.1, -0.05) is 18.2 Å². The molecule has 0 amide bonds. The molecule has 1 aliphatic rings. The van der Waals surface area contributed by atoms with Crippen molar-refractivity contribution >= 4 is 30.5 Å². The van der Waals surface area contributed by atoms with E-state index < -0.39 is 0 Å². The third-order valence-electron chi connectivity index (χ3n) is 1.95. The highest BCUT2D eigenvalue weighted by atomic mass is 35.5. The van der Waals surface area contributed by atoms with Crippen LogP contribution in [0.1, 0.15) is 5.56 Å². The van der Waals surface area contributed by atoms with Gasteiger partial charge in [0.05, 0.1) is 0 Å². The van der Waals surface area contributed by atoms with Crippen LogP contribution in [0.2, 0.25) is 0 Å². The summed E-state index contributed by atoms with van der Waals surface area (Å²) in [4.78, 5) is 0. The largest absolute Gasteiger partial charge is 0.384 e. The summed E-state index contributed by atoms with van der Waals surface area (Å²) >= 11 is 0. The molecule has 0 spiro atoms. The fourth-order valence-corrected chi connectivity index (χ4v) is 1.36. The molecule has 1 heterocycles. The predicted molar refractivity (Wildman–Crippen MR) is 61.1 cm³/mol. The van der Waals surface area contributed by atoms with Crippen molar-refractivity contribution in [3.05, 3.63) is 29.8 Å². The Bertz CT molecular complexity index is 228. The Morgan fingerprint density at radius 1 is 1.00 bits per heavy atom. The molecule has 0 bridgehead atoms. The second-order valence-electron chi connectivity index (χ2n) is 2.76. The number of nitrogens with one attached hydrogen (secondary N) is 2. The van der Waals surface area contributed by atoms with E-state index in [4.69, 9.17) is 0 Å². The zero-order chi connectivity index (χ0) is 7.52. The van der Waals surface area contributed by atoms with E-state index in [0.717, 1.165) is 19.6 Å². The third-order valence-corrected chi connectivity index (χ3v) is 1.95. The van der Waals surface area contributed by atoms with Crippen LogP contribution in [0.25, 0.3) is 0 Å². The summed E-state index contributed by atoms with van der Waals surface area (Å²) in [6.45, 7) is 3.06. The molecule has 0 aromatic heterocycles. The first-order valence-electron chi connectivity index (χ1n) is 3.99. The third kappa shape index (κ3) is 3.07. The first-order chi connectivity index (χ1) is 5.47. The monoisotopic (exact) mass is 220 g/mol. The molecule has 2 nitrogen and oxygen atoms in total. The highest BCUT2D eigenvalue weighted by molar-refractivity contribution is 5.85. The highest BCUT2D eigenvalue weighted by Crippen LogP contribution is 2.15. The molecule has 2 rings (SSSR count). The average molecular weight is 221 g/mol. The van der Waals surface area contributed by atoms with E-state index in [1.54, 1.807) is 0 Å². The van der Waals surface area contributed by atoms with Gasteiger partial charge in [-0.3, -0.25) is 0 Å². The summed E-state index contributed by atoms with van der Waals surface area (Å²) in [6, 6.07) is 8.42.